The van der Waals surface area contributed by atoms with Crippen LogP contribution >= 0.6 is 39.7 Å². The van der Waals surface area contributed by atoms with Crippen LogP contribution in [0.4, 0.5) is 0 Å². The van der Waals surface area contributed by atoms with E-state index in [0.29, 0.717) is 5.02 Å². The first kappa shape index (κ1) is 16.9. The molecule has 0 heterocycles. The highest BCUT2D eigenvalue weighted by atomic mass is 79.9. The van der Waals surface area contributed by atoms with Gasteiger partial charge in [0, 0.05) is 21.3 Å². The third-order valence-electron chi connectivity index (χ3n) is 4.04. The summed E-state index contributed by atoms with van der Waals surface area (Å²) >= 11 is 14.3. The molecule has 0 radical (unpaired) electrons. The van der Waals surface area contributed by atoms with Crippen LogP contribution in [0.1, 0.15) is 11.5 Å². The summed E-state index contributed by atoms with van der Waals surface area (Å²) in [6.45, 7) is 0. The fraction of sp³-hybridized carbons (Fsp3) is 0.188. The quantitative estimate of drug-likeness (QED) is 0.746. The maximum Gasteiger partial charge on any atom is 0.182 e. The number of halogens is 2. The predicted molar refractivity (Wildman–Crippen MR) is 99.6 cm³/mol. The molecule has 0 bridgehead atoms. The SMILES string of the molecule is NC(=S)[C@@H]1[C@@H](c2ccc(Br)cc2)[C@@H]1S(=O)(=O)c1ccc(Cl)cc1. The van der Waals surface area contributed by atoms with Gasteiger partial charge >= 0.3 is 0 Å². The van der Waals surface area contributed by atoms with Gasteiger partial charge in [0.1, 0.15) is 0 Å². The molecule has 7 heteroatoms. The third-order valence-corrected chi connectivity index (χ3v) is 7.32. The molecule has 0 amide bonds. The van der Waals surface area contributed by atoms with Gasteiger partial charge in [0.2, 0.25) is 0 Å². The highest BCUT2D eigenvalue weighted by Gasteiger charge is 2.60. The highest BCUT2D eigenvalue weighted by molar-refractivity contribution is 9.10. The van der Waals surface area contributed by atoms with E-state index in [-0.39, 0.29) is 21.7 Å². The fourth-order valence-electron chi connectivity index (χ4n) is 2.87. The molecular formula is C16H13BrClNO2S2. The Bertz CT molecular complexity index is 851. The van der Waals surface area contributed by atoms with Crippen LogP contribution in [0, 0.1) is 5.92 Å². The fourth-order valence-corrected chi connectivity index (χ4v) is 5.79. The lowest BCUT2D eigenvalue weighted by molar-refractivity contribution is 0.593. The van der Waals surface area contributed by atoms with Crippen molar-refractivity contribution in [3.8, 4) is 0 Å². The van der Waals surface area contributed by atoms with Gasteiger partial charge in [-0.1, -0.05) is 51.9 Å². The Kier molecular flexibility index (Phi) is 4.53. The molecular weight excluding hydrogens is 418 g/mol. The van der Waals surface area contributed by atoms with Crippen LogP contribution in [0.5, 0.6) is 0 Å². The summed E-state index contributed by atoms with van der Waals surface area (Å²) in [6, 6.07) is 13.8. The van der Waals surface area contributed by atoms with E-state index in [9.17, 15) is 8.42 Å². The molecule has 0 unspecified atom stereocenters. The summed E-state index contributed by atoms with van der Waals surface area (Å²) in [5.41, 5.74) is 6.71. The Labute approximate surface area is 153 Å². The molecule has 2 aromatic rings. The van der Waals surface area contributed by atoms with Crippen molar-refractivity contribution in [1.29, 1.82) is 0 Å². The maximum absolute atomic E-state index is 12.9. The molecule has 0 saturated heterocycles. The standard InChI is InChI=1S/C16H13BrClNO2S2/c17-10-3-1-9(2-4-10)13-14(16(19)22)15(13)23(20,21)12-7-5-11(18)6-8-12/h1-8,13-15H,(H2,19,22)/t13-,14-,15+/m1/s1. The molecule has 23 heavy (non-hydrogen) atoms. The van der Waals surface area contributed by atoms with Crippen LogP contribution in [0.25, 0.3) is 0 Å². The number of thiocarbonyl (C=S) groups is 1. The average Bonchev–Trinajstić information content (AvgIpc) is 3.25. The summed E-state index contributed by atoms with van der Waals surface area (Å²) in [4.78, 5) is 0.480. The summed E-state index contributed by atoms with van der Waals surface area (Å²) in [7, 11) is -3.52. The zero-order valence-corrected chi connectivity index (χ0v) is 15.8. The summed E-state index contributed by atoms with van der Waals surface area (Å²) in [6.07, 6.45) is 0. The lowest BCUT2D eigenvalue weighted by atomic mass is 10.1. The average molecular weight is 431 g/mol. The van der Waals surface area contributed by atoms with E-state index < -0.39 is 15.1 Å². The van der Waals surface area contributed by atoms with Crippen molar-refractivity contribution in [3.05, 3.63) is 63.6 Å². The molecule has 1 saturated carbocycles. The van der Waals surface area contributed by atoms with Crippen LogP contribution < -0.4 is 5.73 Å². The van der Waals surface area contributed by atoms with Crippen molar-refractivity contribution < 1.29 is 8.42 Å². The topological polar surface area (TPSA) is 60.2 Å². The number of rotatable bonds is 4. The Balaban J connectivity index is 1.98. The molecule has 1 aliphatic rings. The van der Waals surface area contributed by atoms with Crippen molar-refractivity contribution in [1.82, 2.24) is 0 Å². The second kappa shape index (κ2) is 6.16. The zero-order chi connectivity index (χ0) is 16.8. The molecule has 3 rings (SSSR count). The first-order valence-electron chi connectivity index (χ1n) is 6.86. The lowest BCUT2D eigenvalue weighted by Gasteiger charge is -2.04. The van der Waals surface area contributed by atoms with Crippen LogP contribution in [0.15, 0.2) is 57.9 Å². The Morgan fingerprint density at radius 2 is 1.65 bits per heavy atom. The number of nitrogens with two attached hydrogens (primary N) is 1. The smallest absolute Gasteiger partial charge is 0.182 e. The van der Waals surface area contributed by atoms with Crippen LogP contribution in [0.3, 0.4) is 0 Å². The van der Waals surface area contributed by atoms with Gasteiger partial charge in [0.15, 0.2) is 9.84 Å². The van der Waals surface area contributed by atoms with Crippen molar-refractivity contribution in [3.63, 3.8) is 0 Å². The molecule has 3 atom stereocenters. The number of benzene rings is 2. The molecule has 120 valence electrons. The third kappa shape index (κ3) is 3.18. The first-order chi connectivity index (χ1) is 10.8. The zero-order valence-electron chi connectivity index (χ0n) is 11.8. The van der Waals surface area contributed by atoms with Crippen LogP contribution in [0.2, 0.25) is 5.02 Å². The first-order valence-corrected chi connectivity index (χ1v) is 9.99. The minimum Gasteiger partial charge on any atom is -0.393 e. The van der Waals surface area contributed by atoms with Gasteiger partial charge in [-0.15, -0.1) is 0 Å². The Hall–Kier alpha value is -0.950. The van der Waals surface area contributed by atoms with E-state index in [2.05, 4.69) is 15.9 Å². The minimum absolute atomic E-state index is 0.207. The van der Waals surface area contributed by atoms with E-state index in [1.54, 1.807) is 12.1 Å². The Morgan fingerprint density at radius 1 is 1.09 bits per heavy atom. The molecule has 2 N–H and O–H groups in total. The van der Waals surface area contributed by atoms with Gasteiger partial charge in [-0.2, -0.15) is 0 Å². The van der Waals surface area contributed by atoms with Crippen LogP contribution in [-0.4, -0.2) is 18.7 Å². The molecule has 0 aromatic heterocycles. The van der Waals surface area contributed by atoms with E-state index in [4.69, 9.17) is 29.6 Å². The van der Waals surface area contributed by atoms with Crippen molar-refractivity contribution in [2.24, 2.45) is 11.7 Å². The molecule has 1 fully saturated rings. The predicted octanol–water partition coefficient (Wildman–Crippen LogP) is 3.94. The van der Waals surface area contributed by atoms with E-state index in [1.807, 2.05) is 24.3 Å². The highest BCUT2D eigenvalue weighted by Crippen LogP contribution is 2.54. The van der Waals surface area contributed by atoms with E-state index in [1.165, 1.54) is 12.1 Å². The molecule has 0 spiro atoms. The van der Waals surface area contributed by atoms with Gasteiger partial charge in [-0.05, 0) is 42.0 Å². The van der Waals surface area contributed by atoms with E-state index in [0.717, 1.165) is 10.0 Å². The lowest BCUT2D eigenvalue weighted by Crippen LogP contribution is -2.17. The van der Waals surface area contributed by atoms with Gasteiger partial charge in [-0.3, -0.25) is 0 Å². The monoisotopic (exact) mass is 429 g/mol. The van der Waals surface area contributed by atoms with E-state index >= 15 is 0 Å². The summed E-state index contributed by atoms with van der Waals surface area (Å²) in [5.74, 6) is -0.548. The largest absolute Gasteiger partial charge is 0.393 e. The van der Waals surface area contributed by atoms with Gasteiger partial charge in [0.05, 0.1) is 15.1 Å². The van der Waals surface area contributed by atoms with Gasteiger partial charge < -0.3 is 5.73 Å². The van der Waals surface area contributed by atoms with Gasteiger partial charge in [-0.25, -0.2) is 8.42 Å². The molecule has 3 nitrogen and oxygen atoms in total. The number of hydrogen-bond donors (Lipinski definition) is 1. The normalized spacial score (nSPS) is 23.5. The second-order valence-electron chi connectivity index (χ2n) is 5.47. The summed E-state index contributed by atoms with van der Waals surface area (Å²) < 4.78 is 26.7. The maximum atomic E-state index is 12.9. The van der Waals surface area contributed by atoms with Crippen molar-refractivity contribution in [2.75, 3.05) is 0 Å². The second-order valence-corrected chi connectivity index (χ2v) is 9.40. The molecule has 2 aromatic carbocycles. The van der Waals surface area contributed by atoms with Gasteiger partial charge in [0.25, 0.3) is 0 Å². The Morgan fingerprint density at radius 3 is 2.17 bits per heavy atom. The number of hydrogen-bond acceptors (Lipinski definition) is 3. The number of sulfone groups is 1. The van der Waals surface area contributed by atoms with Crippen LogP contribution in [-0.2, 0) is 9.84 Å². The minimum atomic E-state index is -3.52. The molecule has 0 aliphatic heterocycles. The van der Waals surface area contributed by atoms with Crippen molar-refractivity contribution >= 4 is 54.6 Å². The molecule has 1 aliphatic carbocycles. The van der Waals surface area contributed by atoms with Crippen molar-refractivity contribution in [2.45, 2.75) is 16.1 Å². The summed E-state index contributed by atoms with van der Waals surface area (Å²) in [5, 5.41) is -0.127.